The Labute approximate surface area is 119 Å². The molecule has 0 saturated carbocycles. The molecule has 0 radical (unpaired) electrons. The summed E-state index contributed by atoms with van der Waals surface area (Å²) in [5.41, 5.74) is 4.90. The molecule has 4 nitrogen and oxygen atoms in total. The standard InChI is InChI=1S/C13H13ClN4S/c14-9-5-6-19-13(9)11(17-15)7-18-8-16-10-3-1-2-4-12(10)18/h1-6,8,11,17H,7,15H2. The molecule has 2 heterocycles. The summed E-state index contributed by atoms with van der Waals surface area (Å²) in [6.45, 7) is 0.692. The molecule has 0 aliphatic heterocycles. The van der Waals surface area contributed by atoms with Crippen molar-refractivity contribution in [2.24, 2.45) is 5.84 Å². The van der Waals surface area contributed by atoms with Crippen molar-refractivity contribution in [3.05, 3.63) is 51.9 Å². The minimum absolute atomic E-state index is 0.0230. The van der Waals surface area contributed by atoms with Gasteiger partial charge in [-0.1, -0.05) is 23.7 Å². The van der Waals surface area contributed by atoms with Gasteiger partial charge in [0.1, 0.15) is 0 Å². The maximum Gasteiger partial charge on any atom is 0.0958 e. The summed E-state index contributed by atoms with van der Waals surface area (Å²) in [6.07, 6.45) is 1.83. The predicted octanol–water partition coefficient (Wildman–Crippen LogP) is 2.96. The van der Waals surface area contributed by atoms with Crippen molar-refractivity contribution >= 4 is 34.0 Å². The fourth-order valence-electron chi connectivity index (χ4n) is 2.12. The lowest BCUT2D eigenvalue weighted by atomic mass is 10.2. The van der Waals surface area contributed by atoms with E-state index in [4.69, 9.17) is 17.4 Å². The lowest BCUT2D eigenvalue weighted by Gasteiger charge is -2.16. The van der Waals surface area contributed by atoms with Crippen molar-refractivity contribution in [1.29, 1.82) is 0 Å². The Hall–Kier alpha value is -1.40. The zero-order valence-corrected chi connectivity index (χ0v) is 11.7. The van der Waals surface area contributed by atoms with E-state index in [9.17, 15) is 0 Å². The molecule has 19 heavy (non-hydrogen) atoms. The average Bonchev–Trinajstić information content (AvgIpc) is 3.03. The van der Waals surface area contributed by atoms with Gasteiger partial charge in [0, 0.05) is 11.4 Å². The summed E-state index contributed by atoms with van der Waals surface area (Å²) in [5.74, 6) is 5.66. The van der Waals surface area contributed by atoms with E-state index in [1.54, 1.807) is 11.3 Å². The number of imidazole rings is 1. The van der Waals surface area contributed by atoms with Crippen LogP contribution in [0.25, 0.3) is 11.0 Å². The molecule has 2 aromatic heterocycles. The molecule has 1 aromatic carbocycles. The summed E-state index contributed by atoms with van der Waals surface area (Å²) in [7, 11) is 0. The molecule has 3 N–H and O–H groups in total. The molecule has 0 bridgehead atoms. The molecule has 1 atom stereocenters. The highest BCUT2D eigenvalue weighted by Crippen LogP contribution is 2.29. The predicted molar refractivity (Wildman–Crippen MR) is 79.1 cm³/mol. The van der Waals surface area contributed by atoms with E-state index in [-0.39, 0.29) is 6.04 Å². The van der Waals surface area contributed by atoms with Crippen LogP contribution in [0.15, 0.2) is 42.0 Å². The van der Waals surface area contributed by atoms with E-state index in [0.29, 0.717) is 6.54 Å². The molecule has 3 rings (SSSR count). The zero-order chi connectivity index (χ0) is 13.2. The summed E-state index contributed by atoms with van der Waals surface area (Å²) >= 11 is 7.76. The minimum atomic E-state index is -0.0230. The van der Waals surface area contributed by atoms with Crippen molar-refractivity contribution in [2.75, 3.05) is 0 Å². The summed E-state index contributed by atoms with van der Waals surface area (Å²) in [4.78, 5) is 5.42. The number of nitrogens with zero attached hydrogens (tertiary/aromatic N) is 2. The maximum absolute atomic E-state index is 6.16. The number of thiophene rings is 1. The monoisotopic (exact) mass is 292 g/mol. The Morgan fingerprint density at radius 3 is 2.95 bits per heavy atom. The Kier molecular flexibility index (Phi) is 3.52. The van der Waals surface area contributed by atoms with Crippen molar-refractivity contribution < 1.29 is 0 Å². The highest BCUT2D eigenvalue weighted by atomic mass is 35.5. The maximum atomic E-state index is 6.16. The number of hydrogen-bond donors (Lipinski definition) is 2. The van der Waals surface area contributed by atoms with Crippen molar-refractivity contribution in [3.63, 3.8) is 0 Å². The van der Waals surface area contributed by atoms with Crippen LogP contribution in [0.1, 0.15) is 10.9 Å². The summed E-state index contributed by atoms with van der Waals surface area (Å²) in [5, 5.41) is 2.71. The Morgan fingerprint density at radius 2 is 2.21 bits per heavy atom. The first-order valence-electron chi connectivity index (χ1n) is 5.88. The van der Waals surface area contributed by atoms with Crippen LogP contribution in [-0.4, -0.2) is 9.55 Å². The van der Waals surface area contributed by atoms with Crippen molar-refractivity contribution in [3.8, 4) is 0 Å². The molecule has 0 spiro atoms. The second-order valence-corrected chi connectivity index (χ2v) is 5.59. The molecular weight excluding hydrogens is 280 g/mol. The minimum Gasteiger partial charge on any atom is -0.329 e. The van der Waals surface area contributed by atoms with Crippen LogP contribution in [0.2, 0.25) is 5.02 Å². The van der Waals surface area contributed by atoms with Crippen LogP contribution < -0.4 is 11.3 Å². The number of rotatable bonds is 4. The lowest BCUT2D eigenvalue weighted by Crippen LogP contribution is -2.30. The van der Waals surface area contributed by atoms with Gasteiger partial charge in [-0.2, -0.15) is 0 Å². The molecule has 1 unspecified atom stereocenters. The summed E-state index contributed by atoms with van der Waals surface area (Å²) in [6, 6.07) is 9.89. The molecule has 6 heteroatoms. The molecule has 0 fully saturated rings. The molecule has 98 valence electrons. The number of aromatic nitrogens is 2. The second kappa shape index (κ2) is 5.30. The third kappa shape index (κ3) is 2.37. The van der Waals surface area contributed by atoms with Gasteiger partial charge >= 0.3 is 0 Å². The van der Waals surface area contributed by atoms with Gasteiger partial charge in [-0.05, 0) is 23.6 Å². The van der Waals surface area contributed by atoms with Gasteiger partial charge in [0.15, 0.2) is 0 Å². The van der Waals surface area contributed by atoms with Gasteiger partial charge in [0.2, 0.25) is 0 Å². The Balaban J connectivity index is 1.93. The number of nitrogens with one attached hydrogen (secondary N) is 1. The van der Waals surface area contributed by atoms with Crippen LogP contribution in [0.5, 0.6) is 0 Å². The van der Waals surface area contributed by atoms with Gasteiger partial charge in [-0.15, -0.1) is 11.3 Å². The molecule has 0 aliphatic carbocycles. The van der Waals surface area contributed by atoms with Gasteiger partial charge in [-0.3, -0.25) is 11.3 Å². The van der Waals surface area contributed by atoms with E-state index in [2.05, 4.69) is 15.0 Å². The number of nitrogens with two attached hydrogens (primary N) is 1. The molecular formula is C13H13ClN4S. The molecule has 0 saturated heterocycles. The quantitative estimate of drug-likeness (QED) is 0.574. The largest absolute Gasteiger partial charge is 0.329 e. The first-order chi connectivity index (χ1) is 9.29. The van der Waals surface area contributed by atoms with Crippen LogP contribution in [-0.2, 0) is 6.54 Å². The van der Waals surface area contributed by atoms with Crippen LogP contribution in [0.3, 0.4) is 0 Å². The highest BCUT2D eigenvalue weighted by molar-refractivity contribution is 7.10. The molecule has 0 aliphatic rings. The van der Waals surface area contributed by atoms with Gasteiger partial charge in [0.05, 0.1) is 28.4 Å². The van der Waals surface area contributed by atoms with Gasteiger partial charge in [-0.25, -0.2) is 4.98 Å². The lowest BCUT2D eigenvalue weighted by molar-refractivity contribution is 0.488. The van der Waals surface area contributed by atoms with Gasteiger partial charge < -0.3 is 4.57 Å². The number of fused-ring (bicyclic) bond motifs is 1. The van der Waals surface area contributed by atoms with E-state index in [0.717, 1.165) is 20.9 Å². The third-order valence-corrected chi connectivity index (χ3v) is 4.54. The normalized spacial score (nSPS) is 12.9. The number of para-hydroxylation sites is 2. The zero-order valence-electron chi connectivity index (χ0n) is 10.1. The third-order valence-electron chi connectivity index (χ3n) is 3.07. The van der Waals surface area contributed by atoms with E-state index in [1.807, 2.05) is 42.0 Å². The number of halogens is 1. The van der Waals surface area contributed by atoms with Crippen molar-refractivity contribution in [2.45, 2.75) is 12.6 Å². The fourth-order valence-corrected chi connectivity index (χ4v) is 3.36. The SMILES string of the molecule is NNC(Cn1cnc2ccccc21)c1sccc1Cl. The molecule has 0 amide bonds. The van der Waals surface area contributed by atoms with Crippen molar-refractivity contribution in [1.82, 2.24) is 15.0 Å². The van der Waals surface area contributed by atoms with E-state index in [1.165, 1.54) is 0 Å². The highest BCUT2D eigenvalue weighted by Gasteiger charge is 2.16. The Bertz CT molecular complexity index is 691. The Morgan fingerprint density at radius 1 is 1.37 bits per heavy atom. The average molecular weight is 293 g/mol. The number of benzene rings is 1. The topological polar surface area (TPSA) is 55.9 Å². The van der Waals surface area contributed by atoms with Crippen LogP contribution in [0, 0.1) is 0 Å². The van der Waals surface area contributed by atoms with E-state index < -0.39 is 0 Å². The second-order valence-electron chi connectivity index (χ2n) is 4.24. The van der Waals surface area contributed by atoms with Crippen LogP contribution in [0.4, 0.5) is 0 Å². The van der Waals surface area contributed by atoms with Gasteiger partial charge in [0.25, 0.3) is 0 Å². The molecule has 3 aromatic rings. The first kappa shape index (κ1) is 12.6. The smallest absolute Gasteiger partial charge is 0.0958 e. The number of hydrazine groups is 1. The van der Waals surface area contributed by atoms with E-state index >= 15 is 0 Å². The fraction of sp³-hybridized carbons (Fsp3) is 0.154. The number of hydrogen-bond acceptors (Lipinski definition) is 4. The van der Waals surface area contributed by atoms with Crippen LogP contribution >= 0.6 is 22.9 Å². The summed E-state index contributed by atoms with van der Waals surface area (Å²) < 4.78 is 2.08. The first-order valence-corrected chi connectivity index (χ1v) is 7.14.